The van der Waals surface area contributed by atoms with Crippen molar-refractivity contribution in [1.29, 1.82) is 0 Å². The van der Waals surface area contributed by atoms with Crippen molar-refractivity contribution in [2.24, 2.45) is 18.4 Å². The van der Waals surface area contributed by atoms with Gasteiger partial charge in [0.2, 0.25) is 11.6 Å². The lowest BCUT2D eigenvalue weighted by Gasteiger charge is -2.28. The predicted molar refractivity (Wildman–Crippen MR) is 76.3 cm³/mol. The fourth-order valence-electron chi connectivity index (χ4n) is 2.96. The number of aromatic nitrogens is 2. The Bertz CT molecular complexity index is 595. The average molecular weight is 296 g/mol. The Morgan fingerprint density at radius 2 is 2.14 bits per heavy atom. The molecule has 0 aromatic carbocycles. The van der Waals surface area contributed by atoms with E-state index in [1.54, 1.807) is 23.4 Å². The van der Waals surface area contributed by atoms with Gasteiger partial charge < -0.3 is 20.1 Å². The van der Waals surface area contributed by atoms with E-state index < -0.39 is 16.3 Å². The zero-order chi connectivity index (χ0) is 15.9. The highest BCUT2D eigenvalue weighted by Gasteiger charge is 2.49. The second-order valence-electron chi connectivity index (χ2n) is 5.91. The molecular formula is C13H20N4O4. The quantitative estimate of drug-likeness (QED) is 0.668. The molecular weight excluding hydrogens is 276 g/mol. The van der Waals surface area contributed by atoms with Crippen LogP contribution in [0, 0.1) is 28.4 Å². The SMILES string of the molecule is Cc1nc([N+](=O)[O-])c(N2CCC(C(=O)O)(C(C)C)C2)n1C. The largest absolute Gasteiger partial charge is 0.481 e. The first kappa shape index (κ1) is 15.3. The smallest absolute Gasteiger partial charge is 0.406 e. The van der Waals surface area contributed by atoms with E-state index in [0.29, 0.717) is 24.6 Å². The maximum atomic E-state index is 11.7. The maximum Gasteiger partial charge on any atom is 0.406 e. The Balaban J connectivity index is 2.43. The van der Waals surface area contributed by atoms with Crippen LogP contribution in [-0.2, 0) is 11.8 Å². The molecule has 0 amide bonds. The van der Waals surface area contributed by atoms with Crippen LogP contribution in [0.25, 0.3) is 0 Å². The van der Waals surface area contributed by atoms with Crippen molar-refractivity contribution in [1.82, 2.24) is 9.55 Å². The number of aryl methyl sites for hydroxylation is 1. The number of imidazole rings is 1. The molecule has 116 valence electrons. The van der Waals surface area contributed by atoms with E-state index in [1.165, 1.54) is 0 Å². The van der Waals surface area contributed by atoms with E-state index in [1.807, 2.05) is 13.8 Å². The molecule has 0 aliphatic carbocycles. The van der Waals surface area contributed by atoms with Gasteiger partial charge in [0.05, 0.1) is 5.41 Å². The fourth-order valence-corrected chi connectivity index (χ4v) is 2.96. The topological polar surface area (TPSA) is 102 Å². The van der Waals surface area contributed by atoms with Crippen LogP contribution in [0.5, 0.6) is 0 Å². The Morgan fingerprint density at radius 1 is 1.52 bits per heavy atom. The first-order valence-electron chi connectivity index (χ1n) is 6.86. The van der Waals surface area contributed by atoms with Crippen LogP contribution < -0.4 is 4.90 Å². The van der Waals surface area contributed by atoms with Gasteiger partial charge in [-0.25, -0.2) is 0 Å². The zero-order valence-corrected chi connectivity index (χ0v) is 12.7. The van der Waals surface area contributed by atoms with Crippen LogP contribution in [0.1, 0.15) is 26.1 Å². The molecule has 2 heterocycles. The third-order valence-corrected chi connectivity index (χ3v) is 4.58. The molecule has 0 saturated carbocycles. The van der Waals surface area contributed by atoms with Gasteiger partial charge in [0.15, 0.2) is 0 Å². The van der Waals surface area contributed by atoms with E-state index in [2.05, 4.69) is 4.98 Å². The molecule has 0 spiro atoms. The first-order valence-corrected chi connectivity index (χ1v) is 6.86. The van der Waals surface area contributed by atoms with E-state index in [4.69, 9.17) is 0 Å². The highest BCUT2D eigenvalue weighted by molar-refractivity contribution is 5.77. The molecule has 0 bridgehead atoms. The van der Waals surface area contributed by atoms with E-state index >= 15 is 0 Å². The lowest BCUT2D eigenvalue weighted by Crippen LogP contribution is -2.39. The van der Waals surface area contributed by atoms with Gasteiger partial charge in [-0.05, 0) is 22.2 Å². The van der Waals surface area contributed by atoms with Gasteiger partial charge in [0, 0.05) is 27.1 Å². The normalized spacial score (nSPS) is 22.0. The molecule has 1 N–H and O–H groups in total. The van der Waals surface area contributed by atoms with Gasteiger partial charge in [-0.2, -0.15) is 0 Å². The summed E-state index contributed by atoms with van der Waals surface area (Å²) >= 11 is 0. The van der Waals surface area contributed by atoms with Crippen LogP contribution >= 0.6 is 0 Å². The molecule has 1 aliphatic rings. The van der Waals surface area contributed by atoms with Gasteiger partial charge in [-0.15, -0.1) is 0 Å². The lowest BCUT2D eigenvalue weighted by molar-refractivity contribution is -0.388. The van der Waals surface area contributed by atoms with Crippen molar-refractivity contribution < 1.29 is 14.8 Å². The van der Waals surface area contributed by atoms with E-state index in [-0.39, 0.29) is 18.3 Å². The third kappa shape index (κ3) is 2.24. The number of anilines is 1. The summed E-state index contributed by atoms with van der Waals surface area (Å²) in [4.78, 5) is 28.0. The Kier molecular flexibility index (Phi) is 3.65. The average Bonchev–Trinajstić information content (AvgIpc) is 2.93. The fraction of sp³-hybridized carbons (Fsp3) is 0.692. The molecule has 8 nitrogen and oxygen atoms in total. The highest BCUT2D eigenvalue weighted by Crippen LogP contribution is 2.42. The van der Waals surface area contributed by atoms with Gasteiger partial charge >= 0.3 is 11.8 Å². The predicted octanol–water partition coefficient (Wildman–Crippen LogP) is 1.57. The van der Waals surface area contributed by atoms with Crippen molar-refractivity contribution in [3.8, 4) is 0 Å². The Morgan fingerprint density at radius 3 is 2.57 bits per heavy atom. The third-order valence-electron chi connectivity index (χ3n) is 4.58. The molecule has 0 radical (unpaired) electrons. The summed E-state index contributed by atoms with van der Waals surface area (Å²) in [5.41, 5.74) is -0.869. The highest BCUT2D eigenvalue weighted by atomic mass is 16.6. The molecule has 1 unspecified atom stereocenters. The van der Waals surface area contributed by atoms with Crippen molar-refractivity contribution in [2.45, 2.75) is 27.2 Å². The molecule has 1 aromatic heterocycles. The maximum absolute atomic E-state index is 11.7. The Hall–Kier alpha value is -2.12. The molecule has 1 fully saturated rings. The summed E-state index contributed by atoms with van der Waals surface area (Å²) in [6.45, 7) is 6.19. The summed E-state index contributed by atoms with van der Waals surface area (Å²) in [5.74, 6) is -0.176. The number of hydrogen-bond donors (Lipinski definition) is 1. The summed E-state index contributed by atoms with van der Waals surface area (Å²) in [6, 6.07) is 0. The minimum atomic E-state index is -0.869. The van der Waals surface area contributed by atoms with Crippen molar-refractivity contribution in [2.75, 3.05) is 18.0 Å². The number of nitrogens with zero attached hydrogens (tertiary/aromatic N) is 4. The van der Waals surface area contributed by atoms with Gasteiger partial charge in [-0.3, -0.25) is 9.36 Å². The van der Waals surface area contributed by atoms with Crippen molar-refractivity contribution >= 4 is 17.6 Å². The number of rotatable bonds is 4. The number of carbonyl (C=O) groups is 1. The van der Waals surface area contributed by atoms with Gasteiger partial charge in [0.25, 0.3) is 0 Å². The second-order valence-corrected chi connectivity index (χ2v) is 5.91. The summed E-state index contributed by atoms with van der Waals surface area (Å²) in [6.07, 6.45) is 0.474. The minimum absolute atomic E-state index is 0.0478. The number of carboxylic acids is 1. The summed E-state index contributed by atoms with van der Waals surface area (Å²) < 4.78 is 1.65. The van der Waals surface area contributed by atoms with E-state index in [0.717, 1.165) is 0 Å². The molecule has 1 aromatic rings. The van der Waals surface area contributed by atoms with Crippen molar-refractivity contribution in [3.05, 3.63) is 15.9 Å². The monoisotopic (exact) mass is 296 g/mol. The van der Waals surface area contributed by atoms with Crippen molar-refractivity contribution in [3.63, 3.8) is 0 Å². The summed E-state index contributed by atoms with van der Waals surface area (Å²) in [5, 5.41) is 20.7. The van der Waals surface area contributed by atoms with Crippen LogP contribution in [0.15, 0.2) is 0 Å². The van der Waals surface area contributed by atoms with Crippen LogP contribution in [0.4, 0.5) is 11.6 Å². The first-order chi connectivity index (χ1) is 9.70. The number of carboxylic acid groups (broad SMARTS) is 1. The molecule has 1 aliphatic heterocycles. The molecule has 8 heteroatoms. The number of nitro groups is 1. The molecule has 1 atom stereocenters. The minimum Gasteiger partial charge on any atom is -0.481 e. The lowest BCUT2D eigenvalue weighted by atomic mass is 9.76. The van der Waals surface area contributed by atoms with Crippen LogP contribution in [0.2, 0.25) is 0 Å². The molecule has 1 saturated heterocycles. The van der Waals surface area contributed by atoms with Crippen LogP contribution in [0.3, 0.4) is 0 Å². The van der Waals surface area contributed by atoms with E-state index in [9.17, 15) is 20.0 Å². The second kappa shape index (κ2) is 5.01. The van der Waals surface area contributed by atoms with Gasteiger partial charge in [0.1, 0.15) is 0 Å². The van der Waals surface area contributed by atoms with Crippen LogP contribution in [-0.4, -0.2) is 38.6 Å². The standard InChI is InChI=1S/C13H20N4O4/c1-8(2)13(12(18)19)5-6-16(7-13)11-10(17(20)21)14-9(3)15(11)4/h8H,5-7H2,1-4H3,(H,18,19). The zero-order valence-electron chi connectivity index (χ0n) is 12.7. The molecule has 21 heavy (non-hydrogen) atoms. The number of hydrogen-bond acceptors (Lipinski definition) is 5. The van der Waals surface area contributed by atoms with Gasteiger partial charge in [-0.1, -0.05) is 13.8 Å². The number of aliphatic carboxylic acids is 1. The molecule has 2 rings (SSSR count). The summed E-state index contributed by atoms with van der Waals surface area (Å²) in [7, 11) is 1.71. The Labute approximate surface area is 122 Å².